The van der Waals surface area contributed by atoms with Crippen LogP contribution in [0.5, 0.6) is 0 Å². The van der Waals surface area contributed by atoms with Crippen LogP contribution in [0.1, 0.15) is 17.3 Å². The maximum absolute atomic E-state index is 5.48. The summed E-state index contributed by atoms with van der Waals surface area (Å²) in [6, 6.07) is 16.5. The Bertz CT molecular complexity index is 1140. The third-order valence-corrected chi connectivity index (χ3v) is 5.85. The van der Waals surface area contributed by atoms with E-state index in [-0.39, 0.29) is 0 Å². The van der Waals surface area contributed by atoms with E-state index in [0.29, 0.717) is 0 Å². The van der Waals surface area contributed by atoms with E-state index in [1.807, 2.05) is 22.7 Å². The summed E-state index contributed by atoms with van der Waals surface area (Å²) in [5, 5.41) is 4.69. The summed E-state index contributed by atoms with van der Waals surface area (Å²) in [6.45, 7) is 7.63. The molecule has 0 amide bonds. The quantitative estimate of drug-likeness (QED) is 0.464. The number of hydrogen-bond donors (Lipinski definition) is 0. The number of imidazole rings is 1. The van der Waals surface area contributed by atoms with Crippen molar-refractivity contribution in [3.8, 4) is 11.3 Å². The molecule has 4 aromatic rings. The number of rotatable bonds is 7. The maximum atomic E-state index is 5.48. The van der Waals surface area contributed by atoms with Crippen molar-refractivity contribution in [1.82, 2.24) is 29.0 Å². The topological polar surface area (TPSA) is 60.5 Å². The molecule has 0 spiro atoms. The van der Waals surface area contributed by atoms with Crippen LogP contribution in [0, 0.1) is 6.92 Å². The molecule has 5 rings (SSSR count). The molecule has 1 aromatic carbocycles. The highest BCUT2D eigenvalue weighted by Crippen LogP contribution is 2.19. The Hall–Kier alpha value is -3.03. The second kappa shape index (κ2) is 8.99. The van der Waals surface area contributed by atoms with E-state index >= 15 is 0 Å². The molecule has 7 heteroatoms. The Balaban J connectivity index is 1.35. The van der Waals surface area contributed by atoms with Crippen LogP contribution in [0.2, 0.25) is 0 Å². The Morgan fingerprint density at radius 1 is 0.903 bits per heavy atom. The number of fused-ring (bicyclic) bond motifs is 1. The van der Waals surface area contributed by atoms with Gasteiger partial charge in [0.2, 0.25) is 0 Å². The number of benzene rings is 1. The van der Waals surface area contributed by atoms with Crippen molar-refractivity contribution in [2.75, 3.05) is 32.8 Å². The third-order valence-electron chi connectivity index (χ3n) is 5.85. The fraction of sp³-hybridized carbons (Fsp3) is 0.375. The Labute approximate surface area is 182 Å². The minimum Gasteiger partial charge on any atom is -0.379 e. The lowest BCUT2D eigenvalue weighted by molar-refractivity contribution is 0.0363. The fourth-order valence-electron chi connectivity index (χ4n) is 4.08. The van der Waals surface area contributed by atoms with Crippen LogP contribution in [-0.4, -0.2) is 61.9 Å². The molecule has 1 aliphatic rings. The van der Waals surface area contributed by atoms with Gasteiger partial charge in [0.25, 0.3) is 0 Å². The largest absolute Gasteiger partial charge is 0.379 e. The lowest BCUT2D eigenvalue weighted by atomic mass is 10.2. The normalized spacial score (nSPS) is 15.0. The van der Waals surface area contributed by atoms with Crippen molar-refractivity contribution in [2.45, 2.75) is 26.3 Å². The second-order valence-corrected chi connectivity index (χ2v) is 8.02. The molecule has 0 bridgehead atoms. The summed E-state index contributed by atoms with van der Waals surface area (Å²) in [5.41, 5.74) is 4.16. The molecular formula is C24H28N6O. The highest BCUT2D eigenvalue weighted by atomic mass is 16.5. The molecule has 0 N–H and O–H groups in total. The van der Waals surface area contributed by atoms with Crippen molar-refractivity contribution < 1.29 is 4.74 Å². The number of ether oxygens (including phenoxy) is 1. The van der Waals surface area contributed by atoms with Gasteiger partial charge in [-0.15, -0.1) is 0 Å². The monoisotopic (exact) mass is 416 g/mol. The van der Waals surface area contributed by atoms with Crippen LogP contribution in [0.3, 0.4) is 0 Å². The molecule has 160 valence electrons. The van der Waals surface area contributed by atoms with Gasteiger partial charge in [-0.1, -0.05) is 36.4 Å². The van der Waals surface area contributed by atoms with E-state index in [1.165, 1.54) is 0 Å². The van der Waals surface area contributed by atoms with E-state index in [1.54, 1.807) is 0 Å². The minimum absolute atomic E-state index is 0.768. The van der Waals surface area contributed by atoms with Gasteiger partial charge in [0.1, 0.15) is 5.82 Å². The molecule has 1 aliphatic heterocycles. The summed E-state index contributed by atoms with van der Waals surface area (Å²) >= 11 is 0. The summed E-state index contributed by atoms with van der Waals surface area (Å²) < 4.78 is 9.70. The van der Waals surface area contributed by atoms with E-state index in [4.69, 9.17) is 14.7 Å². The first-order valence-corrected chi connectivity index (χ1v) is 11.0. The average Bonchev–Trinajstić information content (AvgIpc) is 3.42. The molecule has 4 heterocycles. The summed E-state index contributed by atoms with van der Waals surface area (Å²) in [5.74, 6) is 1.95. The number of pyridine rings is 1. The van der Waals surface area contributed by atoms with E-state index in [2.05, 4.69) is 58.0 Å². The molecule has 0 unspecified atom stereocenters. The van der Waals surface area contributed by atoms with Crippen LogP contribution in [0.15, 0.2) is 54.7 Å². The zero-order valence-corrected chi connectivity index (χ0v) is 17.9. The number of hydrogen-bond acceptors (Lipinski definition) is 5. The number of morpholine rings is 1. The Kier molecular flexibility index (Phi) is 5.78. The minimum atomic E-state index is 0.768. The van der Waals surface area contributed by atoms with Gasteiger partial charge in [0.15, 0.2) is 11.5 Å². The zero-order chi connectivity index (χ0) is 21.0. The molecule has 1 saturated heterocycles. The van der Waals surface area contributed by atoms with Crippen LogP contribution in [-0.2, 0) is 24.1 Å². The van der Waals surface area contributed by atoms with Gasteiger partial charge < -0.3 is 9.30 Å². The number of aryl methyl sites for hydroxylation is 3. The molecule has 7 nitrogen and oxygen atoms in total. The number of nitrogens with zero attached hydrogens (tertiary/aromatic N) is 6. The van der Waals surface area contributed by atoms with Gasteiger partial charge in [-0.3, -0.25) is 4.90 Å². The molecule has 0 aliphatic carbocycles. The second-order valence-electron chi connectivity index (χ2n) is 8.02. The van der Waals surface area contributed by atoms with Crippen molar-refractivity contribution >= 4 is 5.65 Å². The summed E-state index contributed by atoms with van der Waals surface area (Å²) in [4.78, 5) is 12.1. The molecular weight excluding hydrogens is 388 g/mol. The molecule has 3 aromatic heterocycles. The van der Waals surface area contributed by atoms with Crippen LogP contribution in [0.4, 0.5) is 0 Å². The van der Waals surface area contributed by atoms with Gasteiger partial charge in [0.05, 0.1) is 18.9 Å². The van der Waals surface area contributed by atoms with Gasteiger partial charge in [-0.25, -0.2) is 14.5 Å². The smallest absolute Gasteiger partial charge is 0.155 e. The van der Waals surface area contributed by atoms with E-state index in [0.717, 1.165) is 86.5 Å². The molecule has 0 atom stereocenters. The van der Waals surface area contributed by atoms with E-state index < -0.39 is 0 Å². The van der Waals surface area contributed by atoms with Gasteiger partial charge in [-0.2, -0.15) is 5.10 Å². The summed E-state index contributed by atoms with van der Waals surface area (Å²) in [7, 11) is 0. The Morgan fingerprint density at radius 3 is 2.55 bits per heavy atom. The molecule has 0 saturated carbocycles. The first-order chi connectivity index (χ1) is 15.3. The van der Waals surface area contributed by atoms with Crippen molar-refractivity contribution in [1.29, 1.82) is 0 Å². The fourth-order valence-corrected chi connectivity index (χ4v) is 4.08. The lowest BCUT2D eigenvalue weighted by Crippen LogP contribution is -2.38. The molecule has 0 radical (unpaired) electrons. The molecule has 31 heavy (non-hydrogen) atoms. The first-order valence-electron chi connectivity index (χ1n) is 11.0. The van der Waals surface area contributed by atoms with Crippen LogP contribution < -0.4 is 0 Å². The highest BCUT2D eigenvalue weighted by Gasteiger charge is 2.15. The van der Waals surface area contributed by atoms with Crippen LogP contribution in [0.25, 0.3) is 16.9 Å². The lowest BCUT2D eigenvalue weighted by Gasteiger charge is -2.26. The van der Waals surface area contributed by atoms with E-state index in [9.17, 15) is 0 Å². The van der Waals surface area contributed by atoms with Gasteiger partial charge >= 0.3 is 0 Å². The predicted molar refractivity (Wildman–Crippen MR) is 120 cm³/mol. The molecule has 1 fully saturated rings. The zero-order valence-electron chi connectivity index (χ0n) is 17.9. The third kappa shape index (κ3) is 4.52. The maximum Gasteiger partial charge on any atom is 0.155 e. The van der Waals surface area contributed by atoms with Gasteiger partial charge in [-0.05, 0) is 19.1 Å². The van der Waals surface area contributed by atoms with Crippen LogP contribution >= 0.6 is 0 Å². The van der Waals surface area contributed by atoms with Crippen molar-refractivity contribution in [2.24, 2.45) is 0 Å². The average molecular weight is 417 g/mol. The number of aromatic nitrogens is 5. The van der Waals surface area contributed by atoms with Crippen molar-refractivity contribution in [3.05, 3.63) is 72.1 Å². The summed E-state index contributed by atoms with van der Waals surface area (Å²) in [6.07, 6.45) is 3.77. The highest BCUT2D eigenvalue weighted by molar-refractivity contribution is 5.58. The first kappa shape index (κ1) is 19.9. The van der Waals surface area contributed by atoms with Gasteiger partial charge in [0, 0.05) is 56.5 Å². The predicted octanol–water partition coefficient (Wildman–Crippen LogP) is 3.02. The SMILES string of the molecule is Cc1cccc2nc(CCc3nc(-c4ccccc4)cn3CCN3CCOCC3)nn12. The standard InChI is InChI=1S/C24H28N6O/c1-19-6-5-9-24-26-22(27-30(19)24)10-11-23-25-21(20-7-3-2-4-8-20)18-29(23)13-12-28-14-16-31-17-15-28/h2-9,18H,10-17H2,1H3. The Morgan fingerprint density at radius 2 is 1.74 bits per heavy atom. The van der Waals surface area contributed by atoms with Crippen molar-refractivity contribution in [3.63, 3.8) is 0 Å².